The van der Waals surface area contributed by atoms with Gasteiger partial charge in [-0.05, 0) is 37.0 Å². The van der Waals surface area contributed by atoms with Gasteiger partial charge in [0.25, 0.3) is 5.89 Å². The Morgan fingerprint density at radius 3 is 2.61 bits per heavy atom. The average Bonchev–Trinajstić information content (AvgIpc) is 3.56. The number of hydrogen-bond donors (Lipinski definition) is 1. The molecule has 3 heterocycles. The molecule has 31 heavy (non-hydrogen) atoms. The fraction of sp³-hybridized carbons (Fsp3) is 0.391. The lowest BCUT2D eigenvalue weighted by Gasteiger charge is -2.35. The summed E-state index contributed by atoms with van der Waals surface area (Å²) < 4.78 is 5.90. The van der Waals surface area contributed by atoms with Gasteiger partial charge in [0.1, 0.15) is 5.82 Å². The van der Waals surface area contributed by atoms with E-state index >= 15 is 0 Å². The zero-order valence-corrected chi connectivity index (χ0v) is 17.4. The number of nitrogens with zero attached hydrogens (tertiary/aromatic N) is 5. The summed E-state index contributed by atoms with van der Waals surface area (Å²) in [5.41, 5.74) is 2.07. The molecule has 0 bridgehead atoms. The SMILES string of the molecule is O=C(NCCc1ccccc1)N1CCN(c2ncccc2-c2nnc(C3CC3)o2)CC1. The molecule has 0 radical (unpaired) electrons. The summed E-state index contributed by atoms with van der Waals surface area (Å²) in [6.07, 6.45) is 4.85. The minimum atomic E-state index is -0.0113. The second-order valence-corrected chi connectivity index (χ2v) is 8.04. The van der Waals surface area contributed by atoms with Crippen molar-refractivity contribution >= 4 is 11.8 Å². The Morgan fingerprint density at radius 2 is 1.84 bits per heavy atom. The third-order valence-corrected chi connectivity index (χ3v) is 5.78. The lowest BCUT2D eigenvalue weighted by Crippen LogP contribution is -2.52. The van der Waals surface area contributed by atoms with Crippen molar-refractivity contribution in [3.8, 4) is 11.5 Å². The summed E-state index contributed by atoms with van der Waals surface area (Å²) in [6, 6.07) is 14.0. The van der Waals surface area contributed by atoms with E-state index in [2.05, 4.69) is 37.5 Å². The molecule has 8 nitrogen and oxygen atoms in total. The van der Waals surface area contributed by atoms with Crippen LogP contribution in [-0.4, -0.2) is 58.8 Å². The van der Waals surface area contributed by atoms with Gasteiger partial charge >= 0.3 is 6.03 Å². The second kappa shape index (κ2) is 8.75. The van der Waals surface area contributed by atoms with Crippen molar-refractivity contribution in [1.82, 2.24) is 25.4 Å². The Hall–Kier alpha value is -3.42. The predicted molar refractivity (Wildman–Crippen MR) is 117 cm³/mol. The van der Waals surface area contributed by atoms with E-state index < -0.39 is 0 Å². The first-order chi connectivity index (χ1) is 15.3. The molecule has 160 valence electrons. The standard InChI is InChI=1S/C23H26N6O2/c30-23(25-12-10-17-5-2-1-3-6-17)29-15-13-28(14-16-29)20-19(7-4-11-24-20)22-27-26-21(31-22)18-8-9-18/h1-7,11,18H,8-10,12-16H2,(H,25,30). The summed E-state index contributed by atoms with van der Waals surface area (Å²) in [6.45, 7) is 3.34. The van der Waals surface area contributed by atoms with Crippen LogP contribution in [0.25, 0.3) is 11.5 Å². The highest BCUT2D eigenvalue weighted by atomic mass is 16.4. The quantitative estimate of drug-likeness (QED) is 0.662. The molecule has 2 amide bonds. The minimum absolute atomic E-state index is 0.0113. The van der Waals surface area contributed by atoms with Gasteiger partial charge < -0.3 is 19.5 Å². The maximum Gasteiger partial charge on any atom is 0.317 e. The van der Waals surface area contributed by atoms with E-state index in [1.165, 1.54) is 5.56 Å². The van der Waals surface area contributed by atoms with Gasteiger partial charge in [0.15, 0.2) is 0 Å². The molecule has 8 heteroatoms. The van der Waals surface area contributed by atoms with Gasteiger partial charge in [-0.3, -0.25) is 0 Å². The van der Waals surface area contributed by atoms with E-state index in [0.717, 1.165) is 36.5 Å². The highest BCUT2D eigenvalue weighted by molar-refractivity contribution is 5.75. The lowest BCUT2D eigenvalue weighted by molar-refractivity contribution is 0.194. The van der Waals surface area contributed by atoms with Gasteiger partial charge in [-0.15, -0.1) is 10.2 Å². The first-order valence-electron chi connectivity index (χ1n) is 10.9. The molecule has 1 aliphatic heterocycles. The number of carbonyl (C=O) groups excluding carboxylic acids is 1. The molecule has 2 aromatic heterocycles. The van der Waals surface area contributed by atoms with Crippen LogP contribution in [0, 0.1) is 0 Å². The molecular formula is C23H26N6O2. The minimum Gasteiger partial charge on any atom is -0.420 e. The molecule has 5 rings (SSSR count). The van der Waals surface area contributed by atoms with Crippen LogP contribution in [-0.2, 0) is 6.42 Å². The first-order valence-corrected chi connectivity index (χ1v) is 10.9. The zero-order valence-electron chi connectivity index (χ0n) is 17.4. The molecule has 0 spiro atoms. The first kappa shape index (κ1) is 19.5. The number of nitrogens with one attached hydrogen (secondary N) is 1. The topological polar surface area (TPSA) is 87.4 Å². The smallest absolute Gasteiger partial charge is 0.317 e. The van der Waals surface area contributed by atoms with Crippen LogP contribution in [0.4, 0.5) is 10.6 Å². The van der Waals surface area contributed by atoms with Gasteiger partial charge in [-0.2, -0.15) is 0 Å². The normalized spacial score (nSPS) is 16.4. The van der Waals surface area contributed by atoms with Gasteiger partial charge in [0, 0.05) is 44.8 Å². The molecule has 1 aliphatic carbocycles. The molecule has 2 aliphatic rings. The molecule has 1 saturated carbocycles. The van der Waals surface area contributed by atoms with Gasteiger partial charge in [0.2, 0.25) is 5.89 Å². The van der Waals surface area contributed by atoms with Crippen LogP contribution < -0.4 is 10.2 Å². The van der Waals surface area contributed by atoms with E-state index in [-0.39, 0.29) is 6.03 Å². The molecule has 1 N–H and O–H groups in total. The molecule has 1 saturated heterocycles. The Labute approximate surface area is 181 Å². The van der Waals surface area contributed by atoms with E-state index in [0.29, 0.717) is 44.5 Å². The fourth-order valence-electron chi connectivity index (χ4n) is 3.85. The van der Waals surface area contributed by atoms with Crippen LogP contribution in [0.15, 0.2) is 53.1 Å². The van der Waals surface area contributed by atoms with Crippen LogP contribution in [0.3, 0.4) is 0 Å². The van der Waals surface area contributed by atoms with Crippen molar-refractivity contribution in [2.75, 3.05) is 37.6 Å². The van der Waals surface area contributed by atoms with Crippen molar-refractivity contribution in [3.63, 3.8) is 0 Å². The number of aromatic nitrogens is 3. The number of carbonyl (C=O) groups is 1. The van der Waals surface area contributed by atoms with Crippen molar-refractivity contribution < 1.29 is 9.21 Å². The maximum absolute atomic E-state index is 12.5. The number of benzene rings is 1. The Balaban J connectivity index is 1.17. The number of hydrogen-bond acceptors (Lipinski definition) is 6. The van der Waals surface area contributed by atoms with Gasteiger partial charge in [-0.25, -0.2) is 9.78 Å². The molecule has 2 fully saturated rings. The van der Waals surface area contributed by atoms with Crippen LogP contribution in [0.2, 0.25) is 0 Å². The van der Waals surface area contributed by atoms with Crippen LogP contribution in [0.1, 0.15) is 30.2 Å². The van der Waals surface area contributed by atoms with Crippen LogP contribution in [0.5, 0.6) is 0 Å². The third-order valence-electron chi connectivity index (χ3n) is 5.78. The molecule has 0 atom stereocenters. The fourth-order valence-corrected chi connectivity index (χ4v) is 3.85. The van der Waals surface area contributed by atoms with E-state index in [4.69, 9.17) is 4.42 Å². The maximum atomic E-state index is 12.5. The second-order valence-electron chi connectivity index (χ2n) is 8.04. The Bertz CT molecular complexity index is 1030. The number of piperazine rings is 1. The zero-order chi connectivity index (χ0) is 21.0. The Kier molecular flexibility index (Phi) is 5.52. The summed E-state index contributed by atoms with van der Waals surface area (Å²) in [5, 5.41) is 11.5. The van der Waals surface area contributed by atoms with E-state index in [9.17, 15) is 4.79 Å². The molecule has 3 aromatic rings. The predicted octanol–water partition coefficient (Wildman–Crippen LogP) is 3.08. The number of rotatable bonds is 6. The van der Waals surface area contributed by atoms with Gasteiger partial charge in [0.05, 0.1) is 5.56 Å². The van der Waals surface area contributed by atoms with E-state index in [1.54, 1.807) is 6.20 Å². The van der Waals surface area contributed by atoms with E-state index in [1.807, 2.05) is 35.2 Å². The molecular weight excluding hydrogens is 392 g/mol. The Morgan fingerprint density at radius 1 is 1.03 bits per heavy atom. The number of pyridine rings is 1. The lowest BCUT2D eigenvalue weighted by atomic mass is 10.1. The average molecular weight is 419 g/mol. The van der Waals surface area contributed by atoms with Crippen molar-refractivity contribution in [2.24, 2.45) is 0 Å². The highest BCUT2D eigenvalue weighted by Gasteiger charge is 2.30. The third kappa shape index (κ3) is 4.52. The van der Waals surface area contributed by atoms with Crippen molar-refractivity contribution in [2.45, 2.75) is 25.2 Å². The summed E-state index contributed by atoms with van der Waals surface area (Å²) in [7, 11) is 0. The highest BCUT2D eigenvalue weighted by Crippen LogP contribution is 2.40. The van der Waals surface area contributed by atoms with Crippen LogP contribution >= 0.6 is 0 Å². The number of amides is 2. The van der Waals surface area contributed by atoms with Crippen molar-refractivity contribution in [3.05, 3.63) is 60.1 Å². The van der Waals surface area contributed by atoms with Gasteiger partial charge in [-0.1, -0.05) is 30.3 Å². The monoisotopic (exact) mass is 418 g/mol. The summed E-state index contributed by atoms with van der Waals surface area (Å²) >= 11 is 0. The largest absolute Gasteiger partial charge is 0.420 e. The summed E-state index contributed by atoms with van der Waals surface area (Å²) in [5.74, 6) is 2.50. The molecule has 1 aromatic carbocycles. The summed E-state index contributed by atoms with van der Waals surface area (Å²) in [4.78, 5) is 21.2. The number of anilines is 1. The number of urea groups is 1. The van der Waals surface area contributed by atoms with Crippen molar-refractivity contribution in [1.29, 1.82) is 0 Å². The molecule has 0 unspecified atom stereocenters.